The SMILES string of the molecule is Cc1ccccc1-n1nc(C(=O)NCc2ccc(N3CCOCC3)cc2C(F)(F)F)c2c1CCC2. The molecule has 184 valence electrons. The van der Waals surface area contributed by atoms with Crippen molar-refractivity contribution in [2.24, 2.45) is 0 Å². The molecule has 0 spiro atoms. The molecular formula is C26H27F3N4O2. The third-order valence-electron chi connectivity index (χ3n) is 6.70. The number of benzene rings is 2. The van der Waals surface area contributed by atoms with Crippen molar-refractivity contribution in [3.63, 3.8) is 0 Å². The predicted octanol–water partition coefficient (Wildman–Crippen LogP) is 4.45. The lowest BCUT2D eigenvalue weighted by atomic mass is 10.0. The molecular weight excluding hydrogens is 457 g/mol. The van der Waals surface area contributed by atoms with Gasteiger partial charge in [-0.2, -0.15) is 18.3 Å². The summed E-state index contributed by atoms with van der Waals surface area (Å²) in [5.41, 5.74) is 3.90. The van der Waals surface area contributed by atoms with Gasteiger partial charge in [-0.3, -0.25) is 4.79 Å². The maximum Gasteiger partial charge on any atom is 0.416 e. The Morgan fingerprint density at radius 1 is 1.11 bits per heavy atom. The first-order valence-corrected chi connectivity index (χ1v) is 11.8. The standard InChI is InChI=1S/C26H27F3N4O2/c1-17-5-2-3-7-22(17)33-23-8-4-6-20(23)24(31-33)25(34)30-16-18-9-10-19(15-21(18)26(27,28)29)32-11-13-35-14-12-32/h2-3,5,7,9-10,15H,4,6,8,11-14,16H2,1H3,(H,30,34). The molecule has 1 aliphatic heterocycles. The number of carbonyl (C=O) groups is 1. The number of carbonyl (C=O) groups excluding carboxylic acids is 1. The summed E-state index contributed by atoms with van der Waals surface area (Å²) in [5.74, 6) is -0.458. The van der Waals surface area contributed by atoms with E-state index in [1.165, 1.54) is 6.07 Å². The molecule has 3 aromatic rings. The first-order valence-electron chi connectivity index (χ1n) is 11.8. The second kappa shape index (κ2) is 9.37. The van der Waals surface area contributed by atoms with Crippen LogP contribution in [-0.2, 0) is 30.3 Å². The summed E-state index contributed by atoms with van der Waals surface area (Å²) in [4.78, 5) is 15.0. The molecule has 35 heavy (non-hydrogen) atoms. The minimum Gasteiger partial charge on any atom is -0.378 e. The quantitative estimate of drug-likeness (QED) is 0.581. The first-order chi connectivity index (χ1) is 16.8. The van der Waals surface area contributed by atoms with Crippen LogP contribution in [0.4, 0.5) is 18.9 Å². The topological polar surface area (TPSA) is 59.4 Å². The van der Waals surface area contributed by atoms with Crippen molar-refractivity contribution in [2.75, 3.05) is 31.2 Å². The number of hydrogen-bond donors (Lipinski definition) is 1. The number of halogens is 3. The number of alkyl halides is 3. The zero-order valence-electron chi connectivity index (χ0n) is 19.5. The van der Waals surface area contributed by atoms with Crippen LogP contribution in [0.25, 0.3) is 5.69 Å². The van der Waals surface area contributed by atoms with E-state index in [1.54, 1.807) is 6.07 Å². The van der Waals surface area contributed by atoms with Crippen molar-refractivity contribution in [3.05, 3.63) is 76.1 Å². The van der Waals surface area contributed by atoms with Crippen LogP contribution < -0.4 is 10.2 Å². The lowest BCUT2D eigenvalue weighted by Gasteiger charge is -2.29. The number of fused-ring (bicyclic) bond motifs is 1. The van der Waals surface area contributed by atoms with Crippen LogP contribution in [0.2, 0.25) is 0 Å². The zero-order valence-corrected chi connectivity index (χ0v) is 19.5. The minimum atomic E-state index is -4.53. The maximum atomic E-state index is 13.9. The van der Waals surface area contributed by atoms with E-state index >= 15 is 0 Å². The molecule has 2 heterocycles. The number of morpholine rings is 1. The van der Waals surface area contributed by atoms with E-state index in [-0.39, 0.29) is 12.1 Å². The van der Waals surface area contributed by atoms with Gasteiger partial charge in [0.1, 0.15) is 0 Å². The monoisotopic (exact) mass is 484 g/mol. The van der Waals surface area contributed by atoms with Gasteiger partial charge in [0.25, 0.3) is 5.91 Å². The third-order valence-corrected chi connectivity index (χ3v) is 6.70. The first kappa shape index (κ1) is 23.4. The average molecular weight is 485 g/mol. The molecule has 0 saturated carbocycles. The molecule has 1 fully saturated rings. The fraction of sp³-hybridized carbons (Fsp3) is 0.385. The largest absolute Gasteiger partial charge is 0.416 e. The highest BCUT2D eigenvalue weighted by molar-refractivity contribution is 5.94. The van der Waals surface area contributed by atoms with E-state index in [0.29, 0.717) is 37.7 Å². The number of rotatable bonds is 5. The van der Waals surface area contributed by atoms with Gasteiger partial charge in [-0.15, -0.1) is 0 Å². The second-order valence-corrected chi connectivity index (χ2v) is 8.95. The number of amides is 1. The van der Waals surface area contributed by atoms with Crippen LogP contribution in [0, 0.1) is 6.92 Å². The van der Waals surface area contributed by atoms with Crippen LogP contribution in [-0.4, -0.2) is 42.0 Å². The number of anilines is 1. The van der Waals surface area contributed by atoms with E-state index in [9.17, 15) is 18.0 Å². The summed E-state index contributed by atoms with van der Waals surface area (Å²) in [6.45, 7) is 3.81. The number of nitrogens with one attached hydrogen (secondary N) is 1. The van der Waals surface area contributed by atoms with Gasteiger partial charge in [-0.1, -0.05) is 24.3 Å². The smallest absolute Gasteiger partial charge is 0.378 e. The van der Waals surface area contributed by atoms with Crippen molar-refractivity contribution in [1.82, 2.24) is 15.1 Å². The molecule has 6 nitrogen and oxygen atoms in total. The Morgan fingerprint density at radius 3 is 2.63 bits per heavy atom. The maximum absolute atomic E-state index is 13.9. The summed E-state index contributed by atoms with van der Waals surface area (Å²) in [7, 11) is 0. The van der Waals surface area contributed by atoms with E-state index in [2.05, 4.69) is 10.4 Å². The van der Waals surface area contributed by atoms with Crippen LogP contribution >= 0.6 is 0 Å². The molecule has 5 rings (SSSR count). The fourth-order valence-electron chi connectivity index (χ4n) is 4.88. The van der Waals surface area contributed by atoms with Crippen LogP contribution in [0.1, 0.15) is 44.9 Å². The average Bonchev–Trinajstić information content (AvgIpc) is 3.46. The Hall–Kier alpha value is -3.33. The molecule has 1 saturated heterocycles. The van der Waals surface area contributed by atoms with Gasteiger partial charge in [0.15, 0.2) is 5.69 Å². The van der Waals surface area contributed by atoms with E-state index in [4.69, 9.17) is 4.74 Å². The number of aromatic nitrogens is 2. The van der Waals surface area contributed by atoms with Crippen molar-refractivity contribution in [2.45, 2.75) is 38.9 Å². The molecule has 1 aromatic heterocycles. The number of para-hydroxylation sites is 1. The highest BCUT2D eigenvalue weighted by atomic mass is 19.4. The van der Waals surface area contributed by atoms with Crippen molar-refractivity contribution in [3.8, 4) is 5.69 Å². The van der Waals surface area contributed by atoms with E-state index < -0.39 is 17.6 Å². The summed E-state index contributed by atoms with van der Waals surface area (Å²) < 4.78 is 48.7. The van der Waals surface area contributed by atoms with Crippen molar-refractivity contribution < 1.29 is 22.7 Å². The molecule has 0 bridgehead atoms. The Balaban J connectivity index is 1.39. The van der Waals surface area contributed by atoms with Gasteiger partial charge < -0.3 is 15.0 Å². The summed E-state index contributed by atoms with van der Waals surface area (Å²) >= 11 is 0. The highest BCUT2D eigenvalue weighted by Gasteiger charge is 2.34. The molecule has 0 radical (unpaired) electrons. The normalized spacial score (nSPS) is 15.8. The second-order valence-electron chi connectivity index (χ2n) is 8.95. The highest BCUT2D eigenvalue weighted by Crippen LogP contribution is 2.35. The van der Waals surface area contributed by atoms with Crippen molar-refractivity contribution in [1.29, 1.82) is 0 Å². The van der Waals surface area contributed by atoms with Crippen molar-refractivity contribution >= 4 is 11.6 Å². The molecule has 1 amide bonds. The van der Waals surface area contributed by atoms with Crippen LogP contribution in [0.5, 0.6) is 0 Å². The van der Waals surface area contributed by atoms with Crippen LogP contribution in [0.15, 0.2) is 42.5 Å². The Kier molecular flexibility index (Phi) is 6.27. The summed E-state index contributed by atoms with van der Waals surface area (Å²) in [5, 5.41) is 7.27. The van der Waals surface area contributed by atoms with Gasteiger partial charge in [-0.25, -0.2) is 4.68 Å². The Labute approximate surface area is 201 Å². The molecule has 1 aliphatic carbocycles. The lowest BCUT2D eigenvalue weighted by Crippen LogP contribution is -2.36. The van der Waals surface area contributed by atoms with Gasteiger partial charge in [0.05, 0.1) is 24.5 Å². The van der Waals surface area contributed by atoms with Gasteiger partial charge in [-0.05, 0) is 55.5 Å². The molecule has 0 atom stereocenters. The molecule has 0 unspecified atom stereocenters. The Bertz CT molecular complexity index is 1250. The van der Waals surface area contributed by atoms with Gasteiger partial charge >= 0.3 is 6.18 Å². The third kappa shape index (κ3) is 4.65. The van der Waals surface area contributed by atoms with E-state index in [0.717, 1.165) is 47.8 Å². The molecule has 2 aromatic carbocycles. The zero-order chi connectivity index (χ0) is 24.6. The van der Waals surface area contributed by atoms with Gasteiger partial charge in [0, 0.05) is 36.6 Å². The lowest BCUT2D eigenvalue weighted by molar-refractivity contribution is -0.138. The molecule has 9 heteroatoms. The molecule has 1 N–H and O–H groups in total. The summed E-state index contributed by atoms with van der Waals surface area (Å²) in [6.07, 6.45) is -2.08. The number of nitrogens with zero attached hydrogens (tertiary/aromatic N) is 3. The van der Waals surface area contributed by atoms with E-state index in [1.807, 2.05) is 40.8 Å². The van der Waals surface area contributed by atoms with Crippen LogP contribution in [0.3, 0.4) is 0 Å². The predicted molar refractivity (Wildman–Crippen MR) is 126 cm³/mol. The number of ether oxygens (including phenoxy) is 1. The summed E-state index contributed by atoms with van der Waals surface area (Å²) in [6, 6.07) is 12.1. The Morgan fingerprint density at radius 2 is 1.89 bits per heavy atom. The van der Waals surface area contributed by atoms with Gasteiger partial charge in [0.2, 0.25) is 0 Å². The number of aryl methyl sites for hydroxylation is 1. The fourth-order valence-corrected chi connectivity index (χ4v) is 4.88. The minimum absolute atomic E-state index is 0.0258. The molecule has 2 aliphatic rings. The number of hydrogen-bond acceptors (Lipinski definition) is 4.